The highest BCUT2D eigenvalue weighted by atomic mass is 19.1. The number of fused-ring (bicyclic) bond motifs is 1. The summed E-state index contributed by atoms with van der Waals surface area (Å²) in [6.45, 7) is 5.65. The van der Waals surface area contributed by atoms with E-state index in [0.29, 0.717) is 26.2 Å². The number of rotatable bonds is 3. The number of nitrogens with zero attached hydrogens (tertiary/aromatic N) is 3. The van der Waals surface area contributed by atoms with Gasteiger partial charge in [-0.2, -0.15) is 0 Å². The number of aromatic carboxylic acids is 1. The molecule has 0 unspecified atom stereocenters. The van der Waals surface area contributed by atoms with Crippen LogP contribution in [0.25, 0.3) is 10.9 Å². The first-order valence-electron chi connectivity index (χ1n) is 8.49. The van der Waals surface area contributed by atoms with Gasteiger partial charge in [-0.25, -0.2) is 13.6 Å². The molecule has 1 saturated heterocycles. The molecule has 2 heterocycles. The monoisotopic (exact) mass is 365 g/mol. The zero-order chi connectivity index (χ0) is 19.2. The van der Waals surface area contributed by atoms with Crippen LogP contribution in [0.15, 0.2) is 11.0 Å². The fourth-order valence-corrected chi connectivity index (χ4v) is 3.45. The zero-order valence-electron chi connectivity index (χ0n) is 15.0. The number of pyridine rings is 1. The summed E-state index contributed by atoms with van der Waals surface area (Å²) in [5, 5.41) is 9.04. The predicted molar refractivity (Wildman–Crippen MR) is 95.2 cm³/mol. The third-order valence-corrected chi connectivity index (χ3v) is 5.00. The van der Waals surface area contributed by atoms with Gasteiger partial charge in [-0.05, 0) is 20.9 Å². The number of aryl methyl sites for hydroxylation is 2. The van der Waals surface area contributed by atoms with E-state index >= 15 is 8.78 Å². The zero-order valence-corrected chi connectivity index (χ0v) is 15.0. The van der Waals surface area contributed by atoms with Gasteiger partial charge in [0.15, 0.2) is 11.6 Å². The van der Waals surface area contributed by atoms with Crippen molar-refractivity contribution in [1.82, 2.24) is 9.47 Å². The fourth-order valence-electron chi connectivity index (χ4n) is 3.45. The van der Waals surface area contributed by atoms with E-state index in [2.05, 4.69) is 4.90 Å². The third kappa shape index (κ3) is 2.74. The first-order chi connectivity index (χ1) is 12.3. The van der Waals surface area contributed by atoms with E-state index in [0.717, 1.165) is 6.20 Å². The summed E-state index contributed by atoms with van der Waals surface area (Å²) in [7, 11) is 1.94. The summed E-state index contributed by atoms with van der Waals surface area (Å²) in [4.78, 5) is 27.6. The highest BCUT2D eigenvalue weighted by Gasteiger charge is 2.28. The molecule has 0 bridgehead atoms. The van der Waals surface area contributed by atoms with E-state index in [9.17, 15) is 14.7 Å². The highest BCUT2D eigenvalue weighted by Crippen LogP contribution is 2.33. The van der Waals surface area contributed by atoms with Gasteiger partial charge in [0.25, 0.3) is 0 Å². The molecule has 8 heteroatoms. The van der Waals surface area contributed by atoms with Crippen molar-refractivity contribution in [1.29, 1.82) is 0 Å². The van der Waals surface area contributed by atoms with Crippen LogP contribution < -0.4 is 10.3 Å². The molecule has 0 radical (unpaired) electrons. The van der Waals surface area contributed by atoms with Crippen LogP contribution in [0.1, 0.15) is 22.8 Å². The van der Waals surface area contributed by atoms with Gasteiger partial charge in [-0.3, -0.25) is 4.79 Å². The lowest BCUT2D eigenvalue weighted by atomic mass is 10.0. The van der Waals surface area contributed by atoms with E-state index < -0.39 is 28.6 Å². The summed E-state index contributed by atoms with van der Waals surface area (Å²) in [5.41, 5.74) is -1.57. The smallest absolute Gasteiger partial charge is 0.341 e. The number of hydrogen-bond donors (Lipinski definition) is 1. The number of hydrogen-bond acceptors (Lipinski definition) is 4. The van der Waals surface area contributed by atoms with E-state index in [-0.39, 0.29) is 28.7 Å². The van der Waals surface area contributed by atoms with Crippen molar-refractivity contribution in [3.8, 4) is 0 Å². The fraction of sp³-hybridized carbons (Fsp3) is 0.444. The summed E-state index contributed by atoms with van der Waals surface area (Å²) in [6, 6.07) is 0. The van der Waals surface area contributed by atoms with Crippen LogP contribution >= 0.6 is 0 Å². The maximum atomic E-state index is 15.3. The molecule has 0 spiro atoms. The molecule has 1 N–H and O–H groups in total. The van der Waals surface area contributed by atoms with Crippen LogP contribution in [0.3, 0.4) is 0 Å². The number of anilines is 1. The Labute approximate surface area is 149 Å². The molecule has 1 aromatic heterocycles. The van der Waals surface area contributed by atoms with Gasteiger partial charge in [0.1, 0.15) is 11.3 Å². The lowest BCUT2D eigenvalue weighted by Crippen LogP contribution is -2.45. The summed E-state index contributed by atoms with van der Waals surface area (Å²) >= 11 is 0. The molecule has 2 aromatic rings. The van der Waals surface area contributed by atoms with Crippen LogP contribution in [0.2, 0.25) is 0 Å². The standard InChI is InChI=1S/C18H21F2N3O3/c1-4-22-9-11(18(25)26)17(24)12-10(2)13(19)16(14(20)15(12)22)23-7-5-21(3)6-8-23/h9H,4-8H2,1-3H3,(H,25,26). The Morgan fingerprint density at radius 2 is 1.81 bits per heavy atom. The predicted octanol–water partition coefficient (Wildman–Crippen LogP) is 2.06. The number of halogens is 2. The molecular formula is C18H21F2N3O3. The van der Waals surface area contributed by atoms with Crippen LogP contribution in [-0.2, 0) is 6.54 Å². The van der Waals surface area contributed by atoms with Crippen molar-refractivity contribution in [2.75, 3.05) is 38.1 Å². The molecule has 3 rings (SSSR count). The number of carboxylic acids is 1. The summed E-state index contributed by atoms with van der Waals surface area (Å²) in [5.74, 6) is -3.03. The lowest BCUT2D eigenvalue weighted by Gasteiger charge is -2.35. The molecule has 0 amide bonds. The van der Waals surface area contributed by atoms with Gasteiger partial charge >= 0.3 is 5.97 Å². The number of likely N-dealkylation sites (N-methyl/N-ethyl adjacent to an activating group) is 1. The van der Waals surface area contributed by atoms with Crippen molar-refractivity contribution in [2.45, 2.75) is 20.4 Å². The second-order valence-electron chi connectivity index (χ2n) is 6.58. The van der Waals surface area contributed by atoms with Crippen molar-refractivity contribution in [3.63, 3.8) is 0 Å². The second kappa shape index (κ2) is 6.68. The Morgan fingerprint density at radius 1 is 1.19 bits per heavy atom. The highest BCUT2D eigenvalue weighted by molar-refractivity contribution is 5.95. The normalized spacial score (nSPS) is 15.7. The van der Waals surface area contributed by atoms with Crippen LogP contribution in [0.5, 0.6) is 0 Å². The van der Waals surface area contributed by atoms with Crippen molar-refractivity contribution in [3.05, 3.63) is 39.2 Å². The number of carbonyl (C=O) groups is 1. The molecular weight excluding hydrogens is 344 g/mol. The Balaban J connectivity index is 2.36. The largest absolute Gasteiger partial charge is 0.477 e. The van der Waals surface area contributed by atoms with Gasteiger partial charge in [0, 0.05) is 44.5 Å². The summed E-state index contributed by atoms with van der Waals surface area (Å²) < 4.78 is 31.7. The Bertz CT molecular complexity index is 947. The minimum atomic E-state index is -1.41. The SMILES string of the molecule is CCn1cc(C(=O)O)c(=O)c2c(C)c(F)c(N3CCN(C)CC3)c(F)c21. The van der Waals surface area contributed by atoms with Crippen molar-refractivity contribution in [2.24, 2.45) is 0 Å². The molecule has 1 fully saturated rings. The van der Waals surface area contributed by atoms with Crippen LogP contribution in [0, 0.1) is 18.6 Å². The van der Waals surface area contributed by atoms with Gasteiger partial charge in [-0.15, -0.1) is 0 Å². The van der Waals surface area contributed by atoms with E-state index in [1.54, 1.807) is 11.8 Å². The van der Waals surface area contributed by atoms with E-state index in [1.165, 1.54) is 11.5 Å². The lowest BCUT2D eigenvalue weighted by molar-refractivity contribution is 0.0695. The van der Waals surface area contributed by atoms with Gasteiger partial charge in [-0.1, -0.05) is 0 Å². The van der Waals surface area contributed by atoms with Gasteiger partial charge in [0.05, 0.1) is 10.9 Å². The number of benzene rings is 1. The Morgan fingerprint density at radius 3 is 2.35 bits per heavy atom. The minimum absolute atomic E-state index is 0.0226. The molecule has 1 aliphatic heterocycles. The second-order valence-corrected chi connectivity index (χ2v) is 6.58. The molecule has 26 heavy (non-hydrogen) atoms. The first kappa shape index (κ1) is 18.3. The minimum Gasteiger partial charge on any atom is -0.477 e. The van der Waals surface area contributed by atoms with Crippen molar-refractivity contribution >= 4 is 22.6 Å². The maximum absolute atomic E-state index is 15.3. The number of piperazine rings is 1. The maximum Gasteiger partial charge on any atom is 0.341 e. The van der Waals surface area contributed by atoms with Gasteiger partial charge in [0.2, 0.25) is 5.43 Å². The Kier molecular flexibility index (Phi) is 4.70. The molecule has 1 aliphatic rings. The van der Waals surface area contributed by atoms with Gasteiger partial charge < -0.3 is 19.5 Å². The molecule has 0 saturated carbocycles. The average Bonchev–Trinajstić information content (AvgIpc) is 2.60. The Hall–Kier alpha value is -2.48. The van der Waals surface area contributed by atoms with Crippen LogP contribution in [0.4, 0.5) is 14.5 Å². The molecule has 6 nitrogen and oxygen atoms in total. The van der Waals surface area contributed by atoms with Crippen molar-refractivity contribution < 1.29 is 18.7 Å². The third-order valence-electron chi connectivity index (χ3n) is 5.00. The van der Waals surface area contributed by atoms with E-state index in [1.807, 2.05) is 7.05 Å². The molecule has 0 atom stereocenters. The first-order valence-corrected chi connectivity index (χ1v) is 8.49. The number of carboxylic acid groups (broad SMARTS) is 1. The molecule has 140 valence electrons. The summed E-state index contributed by atoms with van der Waals surface area (Å²) in [6.07, 6.45) is 1.13. The average molecular weight is 365 g/mol. The quantitative estimate of drug-likeness (QED) is 0.902. The van der Waals surface area contributed by atoms with E-state index in [4.69, 9.17) is 0 Å². The molecule has 0 aliphatic carbocycles. The van der Waals surface area contributed by atoms with Crippen LogP contribution in [-0.4, -0.2) is 53.8 Å². The molecule has 1 aromatic carbocycles. The number of aromatic nitrogens is 1. The topological polar surface area (TPSA) is 65.8 Å².